The minimum absolute atomic E-state index is 0.0611. The maximum Gasteiger partial charge on any atom is 0.220 e. The number of amides is 1. The van der Waals surface area contributed by atoms with Crippen molar-refractivity contribution in [1.82, 2.24) is 5.32 Å². The summed E-state index contributed by atoms with van der Waals surface area (Å²) in [7, 11) is 1.64. The minimum Gasteiger partial charge on any atom is -0.497 e. The average molecular weight is 284 g/mol. The van der Waals surface area contributed by atoms with E-state index in [0.29, 0.717) is 12.3 Å². The Morgan fingerprint density at radius 1 is 1.32 bits per heavy atom. The van der Waals surface area contributed by atoms with Gasteiger partial charge in [0.15, 0.2) is 0 Å². The third kappa shape index (κ3) is 5.97. The summed E-state index contributed by atoms with van der Waals surface area (Å²) in [6, 6.07) is 7.78. The molecule has 1 N–H and O–H groups in total. The van der Waals surface area contributed by atoms with Crippen LogP contribution in [0.3, 0.4) is 0 Å². The van der Waals surface area contributed by atoms with E-state index in [1.807, 2.05) is 38.1 Å². The first-order valence-electron chi connectivity index (χ1n) is 6.47. The van der Waals surface area contributed by atoms with E-state index in [9.17, 15) is 4.79 Å². The number of carbonyl (C=O) groups excluding carboxylic acids is 1. The van der Waals surface area contributed by atoms with Crippen LogP contribution in [0.1, 0.15) is 32.3 Å². The van der Waals surface area contributed by atoms with Crippen LogP contribution in [0.4, 0.5) is 0 Å². The number of ether oxygens (including phenoxy) is 1. The van der Waals surface area contributed by atoms with Gasteiger partial charge < -0.3 is 10.1 Å². The maximum absolute atomic E-state index is 11.9. The zero-order chi connectivity index (χ0) is 14.3. The Kier molecular flexibility index (Phi) is 6.16. The lowest BCUT2D eigenvalue weighted by Gasteiger charge is -2.25. The second kappa shape index (κ2) is 7.39. The van der Waals surface area contributed by atoms with Crippen LogP contribution in [0.5, 0.6) is 5.75 Å². The van der Waals surface area contributed by atoms with Gasteiger partial charge in [0.2, 0.25) is 5.91 Å². The lowest BCUT2D eigenvalue weighted by atomic mass is 10.0. The number of rotatable bonds is 7. The highest BCUT2D eigenvalue weighted by molar-refractivity contribution is 6.17. The summed E-state index contributed by atoms with van der Waals surface area (Å²) < 4.78 is 5.10. The molecule has 0 saturated carbocycles. The van der Waals surface area contributed by atoms with Gasteiger partial charge in [-0.1, -0.05) is 12.1 Å². The Morgan fingerprint density at radius 2 is 1.95 bits per heavy atom. The van der Waals surface area contributed by atoms with Crippen LogP contribution in [0.25, 0.3) is 0 Å². The number of methoxy groups -OCH3 is 1. The standard InChI is InChI=1S/C15H22ClNO2/c1-15(2,10-11-16)17-14(18)9-6-12-4-7-13(19-3)8-5-12/h4-5,7-8H,6,9-11H2,1-3H3,(H,17,18). The molecule has 1 aromatic carbocycles. The summed E-state index contributed by atoms with van der Waals surface area (Å²) in [5.74, 6) is 1.44. The predicted octanol–water partition coefficient (Wildman–Crippen LogP) is 3.15. The quantitative estimate of drug-likeness (QED) is 0.781. The number of nitrogens with one attached hydrogen (secondary N) is 1. The molecule has 0 radical (unpaired) electrons. The molecule has 0 aromatic heterocycles. The van der Waals surface area contributed by atoms with Crippen molar-refractivity contribution in [2.45, 2.75) is 38.6 Å². The zero-order valence-electron chi connectivity index (χ0n) is 11.8. The van der Waals surface area contributed by atoms with Crippen molar-refractivity contribution >= 4 is 17.5 Å². The fourth-order valence-electron chi connectivity index (χ4n) is 1.79. The van der Waals surface area contributed by atoms with Crippen molar-refractivity contribution < 1.29 is 9.53 Å². The third-order valence-electron chi connectivity index (χ3n) is 3.00. The number of halogens is 1. The zero-order valence-corrected chi connectivity index (χ0v) is 12.6. The minimum atomic E-state index is -0.237. The van der Waals surface area contributed by atoms with E-state index in [4.69, 9.17) is 16.3 Å². The molecule has 0 aliphatic carbocycles. The van der Waals surface area contributed by atoms with E-state index in [1.54, 1.807) is 7.11 Å². The van der Waals surface area contributed by atoms with Crippen LogP contribution < -0.4 is 10.1 Å². The molecule has 0 bridgehead atoms. The monoisotopic (exact) mass is 283 g/mol. The molecule has 1 amide bonds. The molecule has 106 valence electrons. The van der Waals surface area contributed by atoms with Gasteiger partial charge in [-0.05, 0) is 44.4 Å². The molecule has 0 saturated heterocycles. The van der Waals surface area contributed by atoms with Gasteiger partial charge in [0.05, 0.1) is 7.11 Å². The van der Waals surface area contributed by atoms with Crippen LogP contribution in [0.2, 0.25) is 0 Å². The van der Waals surface area contributed by atoms with E-state index >= 15 is 0 Å². The number of aryl methyl sites for hydroxylation is 1. The van der Waals surface area contributed by atoms with Crippen LogP contribution in [-0.4, -0.2) is 24.4 Å². The fourth-order valence-corrected chi connectivity index (χ4v) is 2.26. The van der Waals surface area contributed by atoms with E-state index in [0.717, 1.165) is 24.2 Å². The van der Waals surface area contributed by atoms with Crippen LogP contribution in [0.15, 0.2) is 24.3 Å². The third-order valence-corrected chi connectivity index (χ3v) is 3.19. The van der Waals surface area contributed by atoms with Crippen molar-refractivity contribution in [2.24, 2.45) is 0 Å². The molecule has 1 rings (SSSR count). The van der Waals surface area contributed by atoms with Crippen molar-refractivity contribution in [1.29, 1.82) is 0 Å². The van der Waals surface area contributed by atoms with Gasteiger partial charge in [-0.25, -0.2) is 0 Å². The lowest BCUT2D eigenvalue weighted by Crippen LogP contribution is -2.43. The van der Waals surface area contributed by atoms with Crippen molar-refractivity contribution in [3.63, 3.8) is 0 Å². The molecule has 19 heavy (non-hydrogen) atoms. The number of carbonyl (C=O) groups is 1. The van der Waals surface area contributed by atoms with Crippen LogP contribution in [0, 0.1) is 0 Å². The first kappa shape index (κ1) is 15.8. The van der Waals surface area contributed by atoms with E-state index in [2.05, 4.69) is 5.32 Å². The summed E-state index contributed by atoms with van der Waals surface area (Å²) in [6.45, 7) is 3.97. The van der Waals surface area contributed by atoms with Gasteiger partial charge >= 0.3 is 0 Å². The Labute approximate surface area is 120 Å². The SMILES string of the molecule is COc1ccc(CCC(=O)NC(C)(C)CCCl)cc1. The summed E-state index contributed by atoms with van der Waals surface area (Å²) in [5.41, 5.74) is 0.893. The summed E-state index contributed by atoms with van der Waals surface area (Å²) >= 11 is 5.71. The van der Waals surface area contributed by atoms with Gasteiger partial charge in [-0.2, -0.15) is 0 Å². The average Bonchev–Trinajstić information content (AvgIpc) is 2.36. The molecule has 0 unspecified atom stereocenters. The highest BCUT2D eigenvalue weighted by Gasteiger charge is 2.19. The number of benzene rings is 1. The summed E-state index contributed by atoms with van der Waals surface area (Å²) in [6.07, 6.45) is 1.98. The highest BCUT2D eigenvalue weighted by atomic mass is 35.5. The van der Waals surface area contributed by atoms with Crippen LogP contribution >= 0.6 is 11.6 Å². The smallest absolute Gasteiger partial charge is 0.220 e. The normalized spacial score (nSPS) is 11.2. The Bertz CT molecular complexity index is 401. The molecule has 3 nitrogen and oxygen atoms in total. The van der Waals surface area contributed by atoms with E-state index < -0.39 is 0 Å². The first-order valence-corrected chi connectivity index (χ1v) is 7.00. The molecule has 0 fully saturated rings. The second-order valence-electron chi connectivity index (χ2n) is 5.22. The molecule has 0 spiro atoms. The fraction of sp³-hybridized carbons (Fsp3) is 0.533. The summed E-state index contributed by atoms with van der Waals surface area (Å²) in [5, 5.41) is 3.00. The number of alkyl halides is 1. The molecule has 0 aliphatic rings. The van der Waals surface area contributed by atoms with Crippen molar-refractivity contribution in [3.8, 4) is 5.75 Å². The first-order chi connectivity index (χ1) is 8.96. The molecular formula is C15H22ClNO2. The topological polar surface area (TPSA) is 38.3 Å². The summed E-state index contributed by atoms with van der Waals surface area (Å²) in [4.78, 5) is 11.9. The lowest BCUT2D eigenvalue weighted by molar-refractivity contribution is -0.122. The van der Waals surface area contributed by atoms with Crippen molar-refractivity contribution in [3.05, 3.63) is 29.8 Å². The van der Waals surface area contributed by atoms with Gasteiger partial charge in [-0.3, -0.25) is 4.79 Å². The Morgan fingerprint density at radius 3 is 2.47 bits per heavy atom. The second-order valence-corrected chi connectivity index (χ2v) is 5.60. The number of hydrogen-bond acceptors (Lipinski definition) is 2. The van der Waals surface area contributed by atoms with Crippen molar-refractivity contribution in [2.75, 3.05) is 13.0 Å². The molecular weight excluding hydrogens is 262 g/mol. The van der Waals surface area contributed by atoms with E-state index in [1.165, 1.54) is 0 Å². The molecule has 0 heterocycles. The highest BCUT2D eigenvalue weighted by Crippen LogP contribution is 2.13. The Balaban J connectivity index is 2.41. The van der Waals surface area contributed by atoms with E-state index in [-0.39, 0.29) is 11.4 Å². The largest absolute Gasteiger partial charge is 0.497 e. The molecule has 4 heteroatoms. The molecule has 0 atom stereocenters. The molecule has 0 aliphatic heterocycles. The number of hydrogen-bond donors (Lipinski definition) is 1. The van der Waals surface area contributed by atoms with Crippen LogP contribution in [-0.2, 0) is 11.2 Å². The maximum atomic E-state index is 11.9. The molecule has 1 aromatic rings. The van der Waals surface area contributed by atoms with Gasteiger partial charge in [0.1, 0.15) is 5.75 Å². The Hall–Kier alpha value is -1.22. The van der Waals surface area contributed by atoms with Gasteiger partial charge in [0.25, 0.3) is 0 Å². The predicted molar refractivity (Wildman–Crippen MR) is 78.9 cm³/mol. The van der Waals surface area contributed by atoms with Gasteiger partial charge in [-0.15, -0.1) is 11.6 Å². The van der Waals surface area contributed by atoms with Gasteiger partial charge in [0, 0.05) is 17.8 Å².